The van der Waals surface area contributed by atoms with Gasteiger partial charge in [-0.2, -0.15) is 0 Å². The van der Waals surface area contributed by atoms with Crippen LogP contribution in [-0.2, 0) is 6.42 Å². The fourth-order valence-corrected chi connectivity index (χ4v) is 3.31. The summed E-state index contributed by atoms with van der Waals surface area (Å²) in [6, 6.07) is 6.67. The minimum atomic E-state index is -0.0937. The first-order chi connectivity index (χ1) is 10.1. The van der Waals surface area contributed by atoms with Crippen LogP contribution in [0.1, 0.15) is 56.7 Å². The van der Waals surface area contributed by atoms with Gasteiger partial charge < -0.3 is 15.8 Å². The summed E-state index contributed by atoms with van der Waals surface area (Å²) in [5, 5.41) is 3.62. The molecule has 3 rings (SSSR count). The predicted octanol–water partition coefficient (Wildman–Crippen LogP) is 3.18. The first-order valence-electron chi connectivity index (χ1n) is 8.33. The molecule has 1 aromatic carbocycles. The molecular formula is C18H28N2O. The van der Waals surface area contributed by atoms with E-state index in [0.717, 1.165) is 24.6 Å². The molecule has 1 aliphatic carbocycles. The number of nitrogens with one attached hydrogen (secondary N) is 1. The average Bonchev–Trinajstić information content (AvgIpc) is 3.19. The second-order valence-corrected chi connectivity index (χ2v) is 7.20. The van der Waals surface area contributed by atoms with Crippen LogP contribution < -0.4 is 15.8 Å². The Kier molecular flexibility index (Phi) is 4.23. The Labute approximate surface area is 128 Å². The van der Waals surface area contributed by atoms with Crippen molar-refractivity contribution in [1.29, 1.82) is 0 Å². The number of hydrogen-bond donors (Lipinski definition) is 2. The fraction of sp³-hybridized carbons (Fsp3) is 0.667. The molecule has 0 aromatic heterocycles. The number of hydrogen-bond acceptors (Lipinski definition) is 3. The largest absolute Gasteiger partial charge is 0.487 e. The van der Waals surface area contributed by atoms with Crippen molar-refractivity contribution in [2.75, 3.05) is 13.1 Å². The Balaban J connectivity index is 1.65. The highest BCUT2D eigenvalue weighted by molar-refractivity contribution is 5.47. The van der Waals surface area contributed by atoms with Gasteiger partial charge in [-0.15, -0.1) is 0 Å². The van der Waals surface area contributed by atoms with Crippen LogP contribution >= 0.6 is 0 Å². The molecule has 1 aliphatic heterocycles. The molecule has 0 spiro atoms. The Morgan fingerprint density at radius 2 is 2.19 bits per heavy atom. The first-order valence-corrected chi connectivity index (χ1v) is 8.33. The molecule has 3 N–H and O–H groups in total. The van der Waals surface area contributed by atoms with Crippen molar-refractivity contribution in [2.45, 2.75) is 57.6 Å². The lowest BCUT2D eigenvalue weighted by Crippen LogP contribution is -2.30. The van der Waals surface area contributed by atoms with Gasteiger partial charge in [0.15, 0.2) is 0 Å². The summed E-state index contributed by atoms with van der Waals surface area (Å²) >= 11 is 0. The smallest absolute Gasteiger partial charge is 0.128 e. The maximum Gasteiger partial charge on any atom is 0.128 e. The zero-order valence-corrected chi connectivity index (χ0v) is 13.3. The van der Waals surface area contributed by atoms with Crippen LogP contribution in [0.15, 0.2) is 18.2 Å². The Morgan fingerprint density at radius 1 is 1.38 bits per heavy atom. The number of nitrogens with two attached hydrogens (primary N) is 1. The van der Waals surface area contributed by atoms with Crippen LogP contribution in [0, 0.1) is 5.92 Å². The van der Waals surface area contributed by atoms with E-state index in [1.807, 2.05) is 0 Å². The van der Waals surface area contributed by atoms with Crippen LogP contribution in [0.4, 0.5) is 0 Å². The third kappa shape index (κ3) is 3.58. The highest BCUT2D eigenvalue weighted by atomic mass is 16.5. The van der Waals surface area contributed by atoms with Crippen LogP contribution in [0.25, 0.3) is 0 Å². The third-order valence-corrected chi connectivity index (χ3v) is 4.61. The van der Waals surface area contributed by atoms with E-state index in [-0.39, 0.29) is 11.6 Å². The van der Waals surface area contributed by atoms with Crippen molar-refractivity contribution < 1.29 is 4.74 Å². The molecule has 1 aromatic rings. The molecule has 3 nitrogen and oxygen atoms in total. The van der Waals surface area contributed by atoms with Gasteiger partial charge in [0.1, 0.15) is 11.4 Å². The number of para-hydroxylation sites is 1. The van der Waals surface area contributed by atoms with E-state index < -0.39 is 0 Å². The normalized spacial score (nSPS) is 20.9. The van der Waals surface area contributed by atoms with Gasteiger partial charge >= 0.3 is 0 Å². The van der Waals surface area contributed by atoms with Crippen molar-refractivity contribution in [3.05, 3.63) is 29.3 Å². The topological polar surface area (TPSA) is 47.3 Å². The molecule has 1 atom stereocenters. The minimum absolute atomic E-state index is 0.0937. The second-order valence-electron chi connectivity index (χ2n) is 7.20. The maximum absolute atomic E-state index is 6.17. The third-order valence-electron chi connectivity index (χ3n) is 4.61. The monoisotopic (exact) mass is 288 g/mol. The van der Waals surface area contributed by atoms with Crippen molar-refractivity contribution in [1.82, 2.24) is 5.32 Å². The van der Waals surface area contributed by atoms with Crippen molar-refractivity contribution in [2.24, 2.45) is 11.7 Å². The quantitative estimate of drug-likeness (QED) is 0.758. The predicted molar refractivity (Wildman–Crippen MR) is 86.6 cm³/mol. The lowest BCUT2D eigenvalue weighted by molar-refractivity contribution is 0.136. The molecule has 0 amide bonds. The molecule has 2 aliphatic rings. The summed E-state index contributed by atoms with van der Waals surface area (Å²) in [5.41, 5.74) is 8.45. The first kappa shape index (κ1) is 14.9. The summed E-state index contributed by atoms with van der Waals surface area (Å²) in [6.07, 6.45) is 6.48. The van der Waals surface area contributed by atoms with E-state index in [4.69, 9.17) is 10.5 Å². The lowest BCUT2D eigenvalue weighted by atomic mass is 9.98. The molecule has 0 radical (unpaired) electrons. The molecular weight excluding hydrogens is 260 g/mol. The molecule has 1 unspecified atom stereocenters. The van der Waals surface area contributed by atoms with Crippen LogP contribution in [-0.4, -0.2) is 18.7 Å². The highest BCUT2D eigenvalue weighted by Gasteiger charge is 2.32. The Bertz CT molecular complexity index is 494. The molecule has 0 saturated heterocycles. The number of rotatable bonds is 7. The standard InChI is InChI=1S/C18H28N2O/c1-18(2)11-14-6-3-7-15(17(14)21-18)16(12-19)20-10-4-5-13-8-9-13/h3,6-7,13,16,20H,4-5,8-12,19H2,1-2H3. The van der Waals surface area contributed by atoms with Gasteiger partial charge in [-0.05, 0) is 44.7 Å². The van der Waals surface area contributed by atoms with E-state index in [9.17, 15) is 0 Å². The zero-order chi connectivity index (χ0) is 14.9. The molecule has 1 fully saturated rings. The minimum Gasteiger partial charge on any atom is -0.487 e. The number of ether oxygens (including phenoxy) is 1. The second kappa shape index (κ2) is 5.98. The number of benzene rings is 1. The molecule has 21 heavy (non-hydrogen) atoms. The molecule has 0 bridgehead atoms. The highest BCUT2D eigenvalue weighted by Crippen LogP contribution is 2.39. The van der Waals surface area contributed by atoms with E-state index in [1.165, 1.54) is 36.8 Å². The van der Waals surface area contributed by atoms with Crippen LogP contribution in [0.3, 0.4) is 0 Å². The van der Waals surface area contributed by atoms with Crippen molar-refractivity contribution in [3.63, 3.8) is 0 Å². The lowest BCUT2D eigenvalue weighted by Gasteiger charge is -2.22. The Hall–Kier alpha value is -1.06. The van der Waals surface area contributed by atoms with Crippen molar-refractivity contribution in [3.8, 4) is 5.75 Å². The van der Waals surface area contributed by atoms with E-state index in [1.54, 1.807) is 0 Å². The van der Waals surface area contributed by atoms with Gasteiger partial charge in [0.2, 0.25) is 0 Å². The van der Waals surface area contributed by atoms with Gasteiger partial charge in [0, 0.05) is 24.6 Å². The van der Waals surface area contributed by atoms with Gasteiger partial charge in [-0.1, -0.05) is 31.0 Å². The fourth-order valence-electron chi connectivity index (χ4n) is 3.31. The van der Waals surface area contributed by atoms with E-state index >= 15 is 0 Å². The molecule has 1 heterocycles. The van der Waals surface area contributed by atoms with E-state index in [2.05, 4.69) is 37.4 Å². The average molecular weight is 288 g/mol. The number of fused-ring (bicyclic) bond motifs is 1. The van der Waals surface area contributed by atoms with Gasteiger partial charge in [-0.3, -0.25) is 0 Å². The van der Waals surface area contributed by atoms with Crippen LogP contribution in [0.2, 0.25) is 0 Å². The van der Waals surface area contributed by atoms with Gasteiger partial charge in [0.05, 0.1) is 0 Å². The Morgan fingerprint density at radius 3 is 2.90 bits per heavy atom. The summed E-state index contributed by atoms with van der Waals surface area (Å²) in [4.78, 5) is 0. The van der Waals surface area contributed by atoms with Crippen LogP contribution in [0.5, 0.6) is 5.75 Å². The van der Waals surface area contributed by atoms with Gasteiger partial charge in [0.25, 0.3) is 0 Å². The zero-order valence-electron chi connectivity index (χ0n) is 13.3. The van der Waals surface area contributed by atoms with Crippen molar-refractivity contribution >= 4 is 0 Å². The molecule has 116 valence electrons. The SMILES string of the molecule is CC1(C)Cc2cccc(C(CN)NCCCC3CC3)c2O1. The molecule has 3 heteroatoms. The summed E-state index contributed by atoms with van der Waals surface area (Å²) in [7, 11) is 0. The maximum atomic E-state index is 6.17. The summed E-state index contributed by atoms with van der Waals surface area (Å²) < 4.78 is 6.17. The van der Waals surface area contributed by atoms with Gasteiger partial charge in [-0.25, -0.2) is 0 Å². The summed E-state index contributed by atoms with van der Waals surface area (Å²) in [5.74, 6) is 2.07. The molecule has 1 saturated carbocycles. The van der Waals surface area contributed by atoms with E-state index in [0.29, 0.717) is 6.54 Å². The summed E-state index contributed by atoms with van der Waals surface area (Å²) in [6.45, 7) is 5.96.